The lowest BCUT2D eigenvalue weighted by Crippen LogP contribution is -2.57. The first-order valence-corrected chi connectivity index (χ1v) is 8.15. The Morgan fingerprint density at radius 1 is 1.43 bits per heavy atom. The van der Waals surface area contributed by atoms with Gasteiger partial charge in [0.15, 0.2) is 0 Å². The molecule has 1 unspecified atom stereocenters. The minimum Gasteiger partial charge on any atom is -0.481 e. The van der Waals surface area contributed by atoms with Crippen molar-refractivity contribution >= 4 is 27.2 Å². The maximum absolute atomic E-state index is 12.6. The van der Waals surface area contributed by atoms with Gasteiger partial charge in [0.05, 0.1) is 19.9 Å². The van der Waals surface area contributed by atoms with Crippen LogP contribution < -0.4 is 15.2 Å². The molecule has 1 aliphatic rings. The van der Waals surface area contributed by atoms with E-state index in [1.165, 1.54) is 19.5 Å². The van der Waals surface area contributed by atoms with Crippen molar-refractivity contribution in [1.29, 1.82) is 0 Å². The second-order valence-electron chi connectivity index (χ2n) is 4.75. The van der Waals surface area contributed by atoms with E-state index in [0.29, 0.717) is 5.69 Å². The van der Waals surface area contributed by atoms with Crippen molar-refractivity contribution in [3.8, 4) is 5.88 Å². The molecule has 0 fully saturated rings. The summed E-state index contributed by atoms with van der Waals surface area (Å²) >= 11 is 0. The fraction of sp³-hybridized carbons (Fsp3) is 0.333. The third kappa shape index (κ3) is 3.21. The Morgan fingerprint density at radius 2 is 2.13 bits per heavy atom. The van der Waals surface area contributed by atoms with Crippen LogP contribution in [0.3, 0.4) is 0 Å². The molecule has 0 aliphatic carbocycles. The van der Waals surface area contributed by atoms with E-state index in [1.807, 2.05) is 0 Å². The highest BCUT2D eigenvalue weighted by atomic mass is 32.2. The number of hydrogen-bond donors (Lipinski definition) is 2. The summed E-state index contributed by atoms with van der Waals surface area (Å²) < 4.78 is 27.7. The summed E-state index contributed by atoms with van der Waals surface area (Å²) in [5, 5.41) is 7.16. The van der Waals surface area contributed by atoms with Crippen LogP contribution in [0, 0.1) is 6.92 Å². The Bertz CT molecular complexity index is 804. The normalized spacial score (nSPS) is 20.3. The highest BCUT2D eigenvalue weighted by Gasteiger charge is 2.48. The topological polar surface area (TPSA) is 137 Å². The van der Waals surface area contributed by atoms with Crippen LogP contribution in [-0.4, -0.2) is 47.7 Å². The molecule has 3 N–H and O–H groups in total. The monoisotopic (exact) mass is 341 g/mol. The van der Waals surface area contributed by atoms with E-state index in [2.05, 4.69) is 20.3 Å². The molecule has 0 spiro atoms. The largest absolute Gasteiger partial charge is 0.481 e. The van der Waals surface area contributed by atoms with Gasteiger partial charge in [-0.1, -0.05) is 0 Å². The number of nitrogens with two attached hydrogens (primary N) is 1. The molecular formula is C12H17N6O4S+. The number of primary sulfonamides is 1. The fourth-order valence-corrected chi connectivity index (χ4v) is 3.05. The smallest absolute Gasteiger partial charge is 0.435 e. The van der Waals surface area contributed by atoms with Crippen LogP contribution in [-0.2, 0) is 10.0 Å². The average Bonchev–Trinajstić information content (AvgIpc) is 2.91. The number of aliphatic imine (C=N–C) groups is 1. The van der Waals surface area contributed by atoms with Gasteiger partial charge >= 0.3 is 21.2 Å². The van der Waals surface area contributed by atoms with Crippen LogP contribution in [0.15, 0.2) is 23.5 Å². The molecule has 0 saturated heterocycles. The summed E-state index contributed by atoms with van der Waals surface area (Å²) in [4.78, 5) is 24.4. The van der Waals surface area contributed by atoms with Crippen molar-refractivity contribution in [3.63, 3.8) is 0 Å². The number of methoxy groups -OCH3 is 1. The third-order valence-corrected chi connectivity index (χ3v) is 4.16. The number of carbonyl (C=O) groups excluding carboxylic acids is 1. The second kappa shape index (κ2) is 6.02. The first-order valence-electron chi connectivity index (χ1n) is 6.61. The second-order valence-corrected chi connectivity index (χ2v) is 6.20. The number of nitrogens with zero attached hydrogens (tertiary/aromatic N) is 4. The van der Waals surface area contributed by atoms with Gasteiger partial charge in [-0.25, -0.2) is 20.2 Å². The van der Waals surface area contributed by atoms with E-state index in [1.54, 1.807) is 19.9 Å². The Morgan fingerprint density at radius 3 is 2.70 bits per heavy atom. The number of amidine groups is 1. The number of nitrogens with one attached hydrogen (secondary N) is 1. The number of aromatic nitrogens is 2. The molecule has 0 radical (unpaired) electrons. The number of quaternary nitrogens is 1. The maximum atomic E-state index is 12.6. The van der Waals surface area contributed by atoms with Crippen molar-refractivity contribution < 1.29 is 22.4 Å². The van der Waals surface area contributed by atoms with Crippen molar-refractivity contribution in [1.82, 2.24) is 9.97 Å². The molecule has 11 heteroatoms. The summed E-state index contributed by atoms with van der Waals surface area (Å²) in [5.74, 6) is 0.264. The number of urea groups is 1. The number of hydrogen-bond acceptors (Lipinski definition) is 7. The quantitative estimate of drug-likeness (QED) is 0.758. The van der Waals surface area contributed by atoms with E-state index in [4.69, 9.17) is 9.88 Å². The lowest BCUT2D eigenvalue weighted by atomic mass is 10.4. The van der Waals surface area contributed by atoms with Crippen molar-refractivity contribution in [2.24, 2.45) is 10.1 Å². The van der Waals surface area contributed by atoms with Gasteiger partial charge in [-0.05, 0) is 13.8 Å². The molecule has 124 valence electrons. The zero-order valence-electron chi connectivity index (χ0n) is 12.8. The summed E-state index contributed by atoms with van der Waals surface area (Å²) in [6, 6.07) is 0.897. The standard InChI is InChI=1S/C12H16N6O4S/c1-4-18(6-5-14-12(18)23(13,20)21)11(19)17-10-15-8(2)7-9(16-10)22-3/h5-7H,4H2,1-3H3,(H2-,13,15,16,17,19,20,21)/p+1. The summed E-state index contributed by atoms with van der Waals surface area (Å²) in [5.41, 5.74) is 0.576. The van der Waals surface area contributed by atoms with Crippen LogP contribution in [0.2, 0.25) is 0 Å². The van der Waals surface area contributed by atoms with Gasteiger partial charge in [0.1, 0.15) is 6.20 Å². The molecule has 2 heterocycles. The van der Waals surface area contributed by atoms with Gasteiger partial charge in [0, 0.05) is 11.8 Å². The van der Waals surface area contributed by atoms with Gasteiger partial charge in [0.2, 0.25) is 11.8 Å². The molecule has 1 aromatic heterocycles. The van der Waals surface area contributed by atoms with Gasteiger partial charge in [-0.3, -0.25) is 0 Å². The van der Waals surface area contributed by atoms with E-state index in [0.717, 1.165) is 0 Å². The zero-order chi connectivity index (χ0) is 17.3. The highest BCUT2D eigenvalue weighted by Crippen LogP contribution is 2.22. The third-order valence-electron chi connectivity index (χ3n) is 3.22. The number of amides is 2. The van der Waals surface area contributed by atoms with Crippen molar-refractivity contribution in [3.05, 3.63) is 24.2 Å². The maximum Gasteiger partial charge on any atom is 0.435 e. The van der Waals surface area contributed by atoms with Gasteiger partial charge < -0.3 is 4.74 Å². The Hall–Kier alpha value is -2.37. The van der Waals surface area contributed by atoms with E-state index >= 15 is 0 Å². The molecule has 1 aromatic rings. The highest BCUT2D eigenvalue weighted by molar-refractivity contribution is 8.04. The zero-order valence-corrected chi connectivity index (χ0v) is 13.7. The molecule has 0 aromatic carbocycles. The Labute approximate surface area is 133 Å². The summed E-state index contributed by atoms with van der Waals surface area (Å²) in [6.07, 6.45) is 2.56. The van der Waals surface area contributed by atoms with Crippen LogP contribution in [0.4, 0.5) is 10.7 Å². The van der Waals surface area contributed by atoms with E-state index in [-0.39, 0.29) is 18.4 Å². The molecule has 1 aliphatic heterocycles. The first kappa shape index (κ1) is 17.0. The van der Waals surface area contributed by atoms with Gasteiger partial charge in [0.25, 0.3) is 0 Å². The molecule has 0 bridgehead atoms. The predicted molar refractivity (Wildman–Crippen MR) is 82.8 cm³/mol. The van der Waals surface area contributed by atoms with Crippen LogP contribution in [0.5, 0.6) is 5.88 Å². The van der Waals surface area contributed by atoms with Gasteiger partial charge in [-0.15, -0.1) is 0 Å². The molecule has 10 nitrogen and oxygen atoms in total. The van der Waals surface area contributed by atoms with Crippen LogP contribution in [0.25, 0.3) is 0 Å². The van der Waals surface area contributed by atoms with Crippen molar-refractivity contribution in [2.75, 3.05) is 19.0 Å². The number of carbonyl (C=O) groups is 1. The summed E-state index contributed by atoms with van der Waals surface area (Å²) in [6.45, 7) is 3.44. The lowest BCUT2D eigenvalue weighted by molar-refractivity contribution is -0.688. The number of ether oxygens (including phenoxy) is 1. The Balaban J connectivity index is 2.37. The molecular weight excluding hydrogens is 324 g/mol. The minimum absolute atomic E-state index is 0.00753. The minimum atomic E-state index is -4.15. The number of aryl methyl sites for hydroxylation is 1. The van der Waals surface area contributed by atoms with Crippen molar-refractivity contribution in [2.45, 2.75) is 13.8 Å². The average molecular weight is 341 g/mol. The lowest BCUT2D eigenvalue weighted by Gasteiger charge is -2.26. The number of anilines is 1. The molecule has 0 saturated carbocycles. The molecule has 23 heavy (non-hydrogen) atoms. The fourth-order valence-electron chi connectivity index (χ4n) is 2.11. The SMILES string of the molecule is CC[N+]1(C(=O)Nc2nc(C)cc(OC)n2)C=CN=C1S(N)(=O)=O. The molecule has 2 amide bonds. The van der Waals surface area contributed by atoms with Crippen LogP contribution in [0.1, 0.15) is 12.6 Å². The van der Waals surface area contributed by atoms with Crippen LogP contribution >= 0.6 is 0 Å². The van der Waals surface area contributed by atoms with E-state index < -0.39 is 25.7 Å². The predicted octanol–water partition coefficient (Wildman–Crippen LogP) is 0.292. The first-order chi connectivity index (χ1) is 10.7. The van der Waals surface area contributed by atoms with E-state index in [9.17, 15) is 13.2 Å². The molecule has 2 rings (SSSR count). The number of rotatable bonds is 3. The van der Waals surface area contributed by atoms with Gasteiger partial charge in [-0.2, -0.15) is 22.9 Å². The molecule has 1 atom stereocenters. The number of sulfonamides is 1. The summed E-state index contributed by atoms with van der Waals surface area (Å²) in [7, 11) is -2.71. The Kier molecular flexibility index (Phi) is 4.45.